The Morgan fingerprint density at radius 3 is 2.52 bits per heavy atom. The van der Waals surface area contributed by atoms with E-state index in [-0.39, 0.29) is 24.5 Å². The van der Waals surface area contributed by atoms with Gasteiger partial charge in [0.05, 0.1) is 6.04 Å². The SMILES string of the molecule is CSCCC(NC(=O)C(Cc1ccc(O)cc1)NC(=O)C1CCCN1C(=O)C(N)Cc1c[nH]c2ccccc12)C(=O)O. The summed E-state index contributed by atoms with van der Waals surface area (Å²) in [7, 11) is 0. The number of aromatic nitrogens is 1. The normalized spacial score (nSPS) is 17.0. The number of nitrogens with zero attached hydrogens (tertiary/aromatic N) is 1. The van der Waals surface area contributed by atoms with Crippen molar-refractivity contribution in [2.45, 2.75) is 56.3 Å². The molecule has 1 aliphatic heterocycles. The van der Waals surface area contributed by atoms with Crippen LogP contribution in [-0.4, -0.2) is 86.5 Å². The fourth-order valence-electron chi connectivity index (χ4n) is 5.25. The minimum absolute atomic E-state index is 0.0517. The molecule has 4 unspecified atom stereocenters. The number of para-hydroxylation sites is 1. The van der Waals surface area contributed by atoms with Gasteiger partial charge in [-0.15, -0.1) is 0 Å². The Kier molecular flexibility index (Phi) is 10.5. The number of carboxylic acids is 1. The molecule has 1 fully saturated rings. The molecule has 1 aliphatic rings. The van der Waals surface area contributed by atoms with Crippen LogP contribution in [0.4, 0.5) is 0 Å². The standard InChI is InChI=1S/C30H37N5O6S/c1-42-14-12-24(30(40)41)33-27(37)25(15-18-8-10-20(36)11-9-18)34-28(38)26-7-4-13-35(26)29(39)22(31)16-19-17-32-23-6-3-2-5-21(19)23/h2-3,5-6,8-11,17,22,24-26,32,36H,4,7,12-16,31H2,1H3,(H,33,37)(H,34,38)(H,40,41). The summed E-state index contributed by atoms with van der Waals surface area (Å²) in [5.74, 6) is -2.07. The van der Waals surface area contributed by atoms with Gasteiger partial charge < -0.3 is 36.5 Å². The van der Waals surface area contributed by atoms with Gasteiger partial charge in [0.1, 0.15) is 23.9 Å². The molecule has 3 amide bonds. The molecule has 4 atom stereocenters. The Morgan fingerprint density at radius 2 is 1.81 bits per heavy atom. The summed E-state index contributed by atoms with van der Waals surface area (Å²) in [5, 5.41) is 25.5. The molecule has 11 nitrogen and oxygen atoms in total. The smallest absolute Gasteiger partial charge is 0.326 e. The summed E-state index contributed by atoms with van der Waals surface area (Å²) in [5.41, 5.74) is 8.86. The summed E-state index contributed by atoms with van der Waals surface area (Å²) >= 11 is 1.46. The number of fused-ring (bicyclic) bond motifs is 1. The maximum atomic E-state index is 13.5. The number of phenolic OH excluding ortho intramolecular Hbond substituents is 1. The van der Waals surface area contributed by atoms with Crippen molar-refractivity contribution >= 4 is 46.4 Å². The Labute approximate surface area is 248 Å². The van der Waals surface area contributed by atoms with Crippen LogP contribution < -0.4 is 16.4 Å². The number of carbonyl (C=O) groups is 4. The van der Waals surface area contributed by atoms with Crippen molar-refractivity contribution in [1.82, 2.24) is 20.5 Å². The lowest BCUT2D eigenvalue weighted by molar-refractivity contribution is -0.143. The number of amides is 3. The van der Waals surface area contributed by atoms with E-state index in [1.807, 2.05) is 36.7 Å². The van der Waals surface area contributed by atoms with Crippen molar-refractivity contribution in [2.24, 2.45) is 5.73 Å². The maximum absolute atomic E-state index is 13.5. The minimum atomic E-state index is -1.16. The van der Waals surface area contributed by atoms with Gasteiger partial charge in [-0.05, 0) is 67.0 Å². The van der Waals surface area contributed by atoms with Gasteiger partial charge in [0.25, 0.3) is 0 Å². The monoisotopic (exact) mass is 595 g/mol. The van der Waals surface area contributed by atoms with E-state index in [1.165, 1.54) is 28.8 Å². The number of benzene rings is 2. The van der Waals surface area contributed by atoms with Crippen LogP contribution in [0.1, 0.15) is 30.4 Å². The molecule has 224 valence electrons. The number of aromatic hydroxyl groups is 1. The van der Waals surface area contributed by atoms with E-state index in [1.54, 1.807) is 12.1 Å². The molecule has 2 heterocycles. The predicted molar refractivity (Wildman–Crippen MR) is 161 cm³/mol. The van der Waals surface area contributed by atoms with Gasteiger partial charge in [0.2, 0.25) is 17.7 Å². The average Bonchev–Trinajstić information content (AvgIpc) is 3.63. The van der Waals surface area contributed by atoms with Gasteiger partial charge in [-0.2, -0.15) is 11.8 Å². The first-order valence-corrected chi connectivity index (χ1v) is 15.3. The molecular formula is C30H37N5O6S. The minimum Gasteiger partial charge on any atom is -0.508 e. The molecule has 0 saturated carbocycles. The molecular weight excluding hydrogens is 558 g/mol. The van der Waals surface area contributed by atoms with Crippen LogP contribution in [0.25, 0.3) is 10.9 Å². The van der Waals surface area contributed by atoms with Crippen LogP contribution in [0.15, 0.2) is 54.7 Å². The molecule has 1 saturated heterocycles. The van der Waals surface area contributed by atoms with Gasteiger partial charge in [-0.3, -0.25) is 14.4 Å². The summed E-state index contributed by atoms with van der Waals surface area (Å²) in [6, 6.07) is 10.0. The first-order valence-electron chi connectivity index (χ1n) is 13.9. The maximum Gasteiger partial charge on any atom is 0.326 e. The molecule has 0 aliphatic carbocycles. The second kappa shape index (κ2) is 14.2. The number of carbonyl (C=O) groups excluding carboxylic acids is 3. The van der Waals surface area contributed by atoms with Crippen LogP contribution in [0, 0.1) is 0 Å². The van der Waals surface area contributed by atoms with Crippen molar-refractivity contribution < 1.29 is 29.4 Å². The van der Waals surface area contributed by atoms with Crippen LogP contribution in [-0.2, 0) is 32.0 Å². The van der Waals surface area contributed by atoms with E-state index in [0.717, 1.165) is 16.5 Å². The summed E-state index contributed by atoms with van der Waals surface area (Å²) in [6.07, 6.45) is 5.28. The van der Waals surface area contributed by atoms with Crippen molar-refractivity contribution in [3.63, 3.8) is 0 Å². The third-order valence-electron chi connectivity index (χ3n) is 7.50. The molecule has 2 aromatic carbocycles. The van der Waals surface area contributed by atoms with Crippen LogP contribution in [0.5, 0.6) is 5.75 Å². The Hall–Kier alpha value is -4.03. The molecule has 12 heteroatoms. The number of rotatable bonds is 13. The largest absolute Gasteiger partial charge is 0.508 e. The highest BCUT2D eigenvalue weighted by Gasteiger charge is 2.38. The second-order valence-corrected chi connectivity index (χ2v) is 11.5. The average molecular weight is 596 g/mol. The summed E-state index contributed by atoms with van der Waals surface area (Å²) in [4.78, 5) is 56.7. The number of nitrogens with two attached hydrogens (primary N) is 1. The third-order valence-corrected chi connectivity index (χ3v) is 8.15. The Bertz CT molecular complexity index is 1410. The molecule has 4 rings (SSSR count). The third kappa shape index (κ3) is 7.62. The first-order chi connectivity index (χ1) is 20.2. The van der Waals surface area contributed by atoms with Crippen molar-refractivity contribution in [3.8, 4) is 5.75 Å². The highest BCUT2D eigenvalue weighted by Crippen LogP contribution is 2.22. The number of H-pyrrole nitrogens is 1. The molecule has 0 radical (unpaired) electrons. The van der Waals surface area contributed by atoms with Crippen LogP contribution in [0.2, 0.25) is 0 Å². The molecule has 1 aromatic heterocycles. The van der Waals surface area contributed by atoms with Gasteiger partial charge in [0.15, 0.2) is 0 Å². The zero-order valence-corrected chi connectivity index (χ0v) is 24.2. The van der Waals surface area contributed by atoms with Gasteiger partial charge >= 0.3 is 5.97 Å². The number of hydrogen-bond acceptors (Lipinski definition) is 7. The highest BCUT2D eigenvalue weighted by atomic mass is 32.2. The predicted octanol–water partition coefficient (Wildman–Crippen LogP) is 1.78. The van der Waals surface area contributed by atoms with Gasteiger partial charge in [-0.25, -0.2) is 4.79 Å². The zero-order valence-electron chi connectivity index (χ0n) is 23.4. The first kappa shape index (κ1) is 30.9. The number of nitrogens with one attached hydrogen (secondary N) is 3. The highest BCUT2D eigenvalue weighted by molar-refractivity contribution is 7.98. The molecule has 0 bridgehead atoms. The molecule has 42 heavy (non-hydrogen) atoms. The number of aliphatic carboxylic acids is 1. The molecule has 7 N–H and O–H groups in total. The summed E-state index contributed by atoms with van der Waals surface area (Å²) < 4.78 is 0. The lowest BCUT2D eigenvalue weighted by Crippen LogP contribution is -2.57. The zero-order chi connectivity index (χ0) is 30.2. The van der Waals surface area contributed by atoms with Gasteiger partial charge in [-0.1, -0.05) is 30.3 Å². The van der Waals surface area contributed by atoms with E-state index >= 15 is 0 Å². The number of hydrogen-bond donors (Lipinski definition) is 6. The number of carboxylic acid groups (broad SMARTS) is 1. The number of thioether (sulfide) groups is 1. The van der Waals surface area contributed by atoms with Crippen LogP contribution >= 0.6 is 11.8 Å². The number of aromatic amines is 1. The fourth-order valence-corrected chi connectivity index (χ4v) is 5.72. The topological polar surface area (TPSA) is 178 Å². The van der Waals surface area contributed by atoms with Crippen LogP contribution in [0.3, 0.4) is 0 Å². The summed E-state index contributed by atoms with van der Waals surface area (Å²) in [6.45, 7) is 0.364. The second-order valence-electron chi connectivity index (χ2n) is 10.5. The molecule has 0 spiro atoms. The lowest BCUT2D eigenvalue weighted by atomic mass is 10.0. The van der Waals surface area contributed by atoms with E-state index in [9.17, 15) is 29.4 Å². The molecule has 3 aromatic rings. The van der Waals surface area contributed by atoms with Gasteiger partial charge in [0, 0.05) is 30.1 Å². The van der Waals surface area contributed by atoms with E-state index in [2.05, 4.69) is 15.6 Å². The quantitative estimate of drug-likeness (QED) is 0.173. The van der Waals surface area contributed by atoms with Crippen molar-refractivity contribution in [2.75, 3.05) is 18.6 Å². The van der Waals surface area contributed by atoms with Crippen molar-refractivity contribution in [1.29, 1.82) is 0 Å². The number of likely N-dealkylation sites (tertiary alicyclic amines) is 1. The van der Waals surface area contributed by atoms with E-state index < -0.39 is 42.0 Å². The van der Waals surface area contributed by atoms with Crippen molar-refractivity contribution in [3.05, 3.63) is 65.9 Å². The van der Waals surface area contributed by atoms with E-state index in [0.29, 0.717) is 37.1 Å². The Balaban J connectivity index is 1.47. The lowest BCUT2D eigenvalue weighted by Gasteiger charge is -2.28. The fraction of sp³-hybridized carbons (Fsp3) is 0.400. The number of phenols is 1. The van der Waals surface area contributed by atoms with E-state index in [4.69, 9.17) is 5.73 Å². The Morgan fingerprint density at radius 1 is 1.07 bits per heavy atom.